The highest BCUT2D eigenvalue weighted by Gasteiger charge is 2.27. The largest absolute Gasteiger partial charge is 0.394 e. The highest BCUT2D eigenvalue weighted by molar-refractivity contribution is 6.35. The van der Waals surface area contributed by atoms with Crippen molar-refractivity contribution in [2.24, 2.45) is 0 Å². The van der Waals surface area contributed by atoms with Crippen molar-refractivity contribution in [3.05, 3.63) is 123 Å². The van der Waals surface area contributed by atoms with Crippen LogP contribution in [0.2, 0.25) is 10.0 Å². The highest BCUT2D eigenvalue weighted by atomic mass is 35.5. The minimum atomic E-state index is -0.330. The lowest BCUT2D eigenvalue weighted by Crippen LogP contribution is -2.23. The Morgan fingerprint density at radius 1 is 1.05 bits per heavy atom. The van der Waals surface area contributed by atoms with Crippen LogP contribution in [-0.4, -0.2) is 21.5 Å². The molecule has 7 heteroatoms. The first-order valence-corrected chi connectivity index (χ1v) is 13.4. The number of benzene rings is 3. The normalized spacial score (nSPS) is 15.1. The number of aliphatic hydroxyl groups is 1. The fraction of sp³-hybridized carbons (Fsp3) is 0.194. The van der Waals surface area contributed by atoms with Gasteiger partial charge in [-0.05, 0) is 78.8 Å². The molecule has 1 atom stereocenters. The predicted octanol–water partition coefficient (Wildman–Crippen LogP) is 7.88. The molecular formula is C31H28Cl2FN3O. The van der Waals surface area contributed by atoms with Crippen LogP contribution in [0.5, 0.6) is 0 Å². The molecule has 0 bridgehead atoms. The molecule has 0 saturated heterocycles. The summed E-state index contributed by atoms with van der Waals surface area (Å²) in [5.74, 6) is -0.270. The second-order valence-electron chi connectivity index (χ2n) is 9.38. The van der Waals surface area contributed by atoms with E-state index in [-0.39, 0.29) is 18.5 Å². The van der Waals surface area contributed by atoms with E-state index in [2.05, 4.69) is 18.0 Å². The van der Waals surface area contributed by atoms with Crippen molar-refractivity contribution in [2.45, 2.75) is 31.7 Å². The molecule has 1 aliphatic carbocycles. The molecule has 0 saturated carbocycles. The maximum atomic E-state index is 13.6. The molecule has 2 N–H and O–H groups in total. The molecule has 3 aromatic carbocycles. The Kier molecular flexibility index (Phi) is 7.98. The second-order valence-corrected chi connectivity index (χ2v) is 10.2. The fourth-order valence-corrected chi connectivity index (χ4v) is 5.41. The molecule has 0 spiro atoms. The molecule has 1 aliphatic rings. The maximum Gasteiger partial charge on any atom is 0.123 e. The summed E-state index contributed by atoms with van der Waals surface area (Å²) in [5.41, 5.74) is 7.02. The number of rotatable bonds is 7. The fourth-order valence-electron chi connectivity index (χ4n) is 4.92. The quantitative estimate of drug-likeness (QED) is 0.231. The summed E-state index contributed by atoms with van der Waals surface area (Å²) in [5, 5.41) is 19.6. The zero-order valence-electron chi connectivity index (χ0n) is 20.8. The molecule has 0 aliphatic heterocycles. The van der Waals surface area contributed by atoms with E-state index in [9.17, 15) is 9.50 Å². The lowest BCUT2D eigenvalue weighted by Gasteiger charge is -2.19. The van der Waals surface area contributed by atoms with Crippen LogP contribution in [0.25, 0.3) is 23.0 Å². The van der Waals surface area contributed by atoms with E-state index >= 15 is 0 Å². The van der Waals surface area contributed by atoms with Crippen LogP contribution >= 0.6 is 23.2 Å². The number of aromatic nitrogens is 2. The molecule has 0 radical (unpaired) electrons. The number of halogens is 3. The van der Waals surface area contributed by atoms with Crippen molar-refractivity contribution in [1.29, 1.82) is 0 Å². The van der Waals surface area contributed by atoms with Crippen LogP contribution in [0.15, 0.2) is 79.4 Å². The van der Waals surface area contributed by atoms with Gasteiger partial charge in [0, 0.05) is 10.6 Å². The van der Waals surface area contributed by atoms with Crippen molar-refractivity contribution in [2.75, 3.05) is 6.61 Å². The average molecular weight is 548 g/mol. The maximum absolute atomic E-state index is 13.6. The Hall–Kier alpha value is -3.38. The van der Waals surface area contributed by atoms with Gasteiger partial charge >= 0.3 is 0 Å². The Balaban J connectivity index is 1.64. The van der Waals surface area contributed by atoms with E-state index in [0.717, 1.165) is 59.3 Å². The Labute approximate surface area is 232 Å². The van der Waals surface area contributed by atoms with E-state index in [0.29, 0.717) is 21.4 Å². The first-order valence-electron chi connectivity index (χ1n) is 12.6. The minimum absolute atomic E-state index is 0.0926. The van der Waals surface area contributed by atoms with Crippen molar-refractivity contribution < 1.29 is 9.50 Å². The number of nitrogens with zero attached hydrogens (tertiary/aromatic N) is 2. The summed E-state index contributed by atoms with van der Waals surface area (Å²) < 4.78 is 15.5. The lowest BCUT2D eigenvalue weighted by molar-refractivity contribution is 0.256. The summed E-state index contributed by atoms with van der Waals surface area (Å²) >= 11 is 12.9. The number of aliphatic hydroxyl groups excluding tert-OH is 1. The number of hydrogen-bond donors (Lipinski definition) is 2. The number of hydrogen-bond acceptors (Lipinski definition) is 3. The monoisotopic (exact) mass is 547 g/mol. The summed E-state index contributed by atoms with van der Waals surface area (Å²) in [7, 11) is 0. The third kappa shape index (κ3) is 5.56. The zero-order chi connectivity index (χ0) is 26.6. The third-order valence-electron chi connectivity index (χ3n) is 6.78. The van der Waals surface area contributed by atoms with E-state index in [1.165, 1.54) is 12.1 Å². The van der Waals surface area contributed by atoms with Crippen LogP contribution in [0.4, 0.5) is 4.39 Å². The number of allylic oxidation sites excluding steroid dienone is 1. The van der Waals surface area contributed by atoms with Gasteiger partial charge in [0.15, 0.2) is 0 Å². The Bertz CT molecular complexity index is 1480. The molecular weight excluding hydrogens is 520 g/mol. The summed E-state index contributed by atoms with van der Waals surface area (Å²) in [6.07, 6.45) is 5.72. The lowest BCUT2D eigenvalue weighted by atomic mass is 10.00. The molecule has 38 heavy (non-hydrogen) atoms. The molecule has 0 amide bonds. The topological polar surface area (TPSA) is 50.1 Å². The zero-order valence-corrected chi connectivity index (χ0v) is 22.3. The second kappa shape index (κ2) is 11.6. The van der Waals surface area contributed by atoms with Crippen molar-refractivity contribution >= 4 is 40.5 Å². The summed E-state index contributed by atoms with van der Waals surface area (Å²) in [6, 6.07) is 21.3. The average Bonchev–Trinajstić information content (AvgIpc) is 3.17. The molecule has 194 valence electrons. The van der Waals surface area contributed by atoms with E-state index in [4.69, 9.17) is 28.3 Å². The molecule has 4 aromatic rings. The SMILES string of the molecule is C=C(NC(CO)c1ccccc1)c1nn(-c2ccc(Cl)cc2Cl)c2c1CCCC/C2=C\c1ccc(F)cc1. The van der Waals surface area contributed by atoms with Gasteiger partial charge in [-0.1, -0.05) is 72.2 Å². The van der Waals surface area contributed by atoms with Gasteiger partial charge in [0.25, 0.3) is 0 Å². The van der Waals surface area contributed by atoms with Crippen LogP contribution in [-0.2, 0) is 6.42 Å². The molecule has 0 fully saturated rings. The third-order valence-corrected chi connectivity index (χ3v) is 7.32. The van der Waals surface area contributed by atoms with Gasteiger partial charge in [0.05, 0.1) is 34.7 Å². The first kappa shape index (κ1) is 26.2. The van der Waals surface area contributed by atoms with Gasteiger partial charge in [-0.25, -0.2) is 9.07 Å². The van der Waals surface area contributed by atoms with Gasteiger partial charge in [-0.3, -0.25) is 0 Å². The van der Waals surface area contributed by atoms with Gasteiger partial charge < -0.3 is 10.4 Å². The smallest absolute Gasteiger partial charge is 0.123 e. The number of fused-ring (bicyclic) bond motifs is 1. The molecule has 1 heterocycles. The van der Waals surface area contributed by atoms with Crippen LogP contribution in [0, 0.1) is 5.82 Å². The van der Waals surface area contributed by atoms with Crippen molar-refractivity contribution in [1.82, 2.24) is 15.1 Å². The Morgan fingerprint density at radius 2 is 1.79 bits per heavy atom. The molecule has 1 unspecified atom stereocenters. The standard InChI is InChI=1S/C31H28Cl2FN3O/c1-20(35-28(19-38)22-7-3-2-4-8-22)30-26-10-6-5-9-23(17-21-11-14-25(34)15-12-21)31(26)37(36-30)29-16-13-24(32)18-27(29)33/h2-4,7-8,11-18,28,35,38H,1,5-6,9-10,19H2/b23-17+. The highest BCUT2D eigenvalue weighted by Crippen LogP contribution is 2.38. The van der Waals surface area contributed by atoms with Crippen LogP contribution in [0.1, 0.15) is 53.4 Å². The van der Waals surface area contributed by atoms with Crippen molar-refractivity contribution in [3.63, 3.8) is 0 Å². The van der Waals surface area contributed by atoms with Crippen LogP contribution < -0.4 is 5.32 Å². The van der Waals surface area contributed by atoms with Gasteiger partial charge in [0.1, 0.15) is 11.5 Å². The summed E-state index contributed by atoms with van der Waals surface area (Å²) in [4.78, 5) is 0. The summed E-state index contributed by atoms with van der Waals surface area (Å²) in [6.45, 7) is 4.23. The molecule has 4 nitrogen and oxygen atoms in total. The van der Waals surface area contributed by atoms with Crippen molar-refractivity contribution in [3.8, 4) is 5.69 Å². The Morgan fingerprint density at radius 3 is 2.50 bits per heavy atom. The predicted molar refractivity (Wildman–Crippen MR) is 154 cm³/mol. The van der Waals surface area contributed by atoms with E-state index in [1.54, 1.807) is 24.3 Å². The minimum Gasteiger partial charge on any atom is -0.394 e. The molecule has 1 aromatic heterocycles. The first-order chi connectivity index (χ1) is 18.4. The number of nitrogens with one attached hydrogen (secondary N) is 1. The van der Waals surface area contributed by atoms with Gasteiger partial charge in [-0.2, -0.15) is 5.10 Å². The van der Waals surface area contributed by atoms with Gasteiger partial charge in [0.2, 0.25) is 0 Å². The van der Waals surface area contributed by atoms with Crippen LogP contribution in [0.3, 0.4) is 0 Å². The van der Waals surface area contributed by atoms with E-state index in [1.807, 2.05) is 41.1 Å². The molecule has 5 rings (SSSR count). The van der Waals surface area contributed by atoms with Gasteiger partial charge in [-0.15, -0.1) is 0 Å². The van der Waals surface area contributed by atoms with E-state index < -0.39 is 0 Å².